The number of aromatic amines is 1. The molecule has 0 spiro atoms. The Labute approximate surface area is 191 Å². The normalized spacial score (nSPS) is 18.7. The molecule has 2 atom stereocenters. The van der Waals surface area contributed by atoms with Crippen LogP contribution in [0.5, 0.6) is 0 Å². The van der Waals surface area contributed by atoms with Crippen molar-refractivity contribution in [1.82, 2.24) is 14.5 Å². The third-order valence-corrected chi connectivity index (χ3v) is 6.48. The molecule has 0 unspecified atom stereocenters. The molecule has 0 radical (unpaired) electrons. The maximum absolute atomic E-state index is 12.4. The number of rotatable bonds is 16. The fourth-order valence-electron chi connectivity index (χ4n) is 4.59. The first kappa shape index (κ1) is 24.9. The van der Waals surface area contributed by atoms with E-state index in [4.69, 9.17) is 9.47 Å². The van der Waals surface area contributed by atoms with E-state index in [9.17, 15) is 9.90 Å². The van der Waals surface area contributed by atoms with Gasteiger partial charge in [-0.3, -0.25) is 4.57 Å². The predicted octanol–water partition coefficient (Wildman–Crippen LogP) is 4.87. The summed E-state index contributed by atoms with van der Waals surface area (Å²) in [5.74, 6) is 0. The number of methoxy groups -OCH3 is 1. The van der Waals surface area contributed by atoms with Crippen molar-refractivity contribution in [1.29, 1.82) is 0 Å². The number of ether oxygens (including phenoxy) is 2. The summed E-state index contributed by atoms with van der Waals surface area (Å²) in [5, 5.41) is 10.2. The zero-order valence-corrected chi connectivity index (χ0v) is 19.7. The van der Waals surface area contributed by atoms with Gasteiger partial charge in [0.2, 0.25) is 0 Å². The van der Waals surface area contributed by atoms with Crippen LogP contribution in [0.25, 0.3) is 11.0 Å². The molecular weight excluding hydrogens is 406 g/mol. The van der Waals surface area contributed by atoms with Crippen molar-refractivity contribution in [3.63, 3.8) is 0 Å². The molecule has 32 heavy (non-hydrogen) atoms. The van der Waals surface area contributed by atoms with Crippen LogP contribution in [0.1, 0.15) is 95.4 Å². The number of aromatic nitrogens is 3. The lowest BCUT2D eigenvalue weighted by atomic mass is 10.0. The molecule has 0 amide bonds. The van der Waals surface area contributed by atoms with Crippen molar-refractivity contribution < 1.29 is 14.6 Å². The van der Waals surface area contributed by atoms with Crippen LogP contribution < -0.4 is 5.69 Å². The van der Waals surface area contributed by atoms with Crippen molar-refractivity contribution in [2.45, 2.75) is 102 Å². The topological polar surface area (TPSA) is 89.4 Å². The molecule has 3 rings (SSSR count). The summed E-state index contributed by atoms with van der Waals surface area (Å²) < 4.78 is 12.4. The van der Waals surface area contributed by atoms with E-state index >= 15 is 0 Å². The molecule has 0 bridgehead atoms. The number of fused-ring (bicyclic) bond motifs is 1. The maximum Gasteiger partial charge on any atom is 0.351 e. The van der Waals surface area contributed by atoms with Crippen LogP contribution in [0, 0.1) is 0 Å². The van der Waals surface area contributed by atoms with Gasteiger partial charge < -0.3 is 19.6 Å². The minimum Gasteiger partial charge on any atom is -0.394 e. The van der Waals surface area contributed by atoms with E-state index in [2.05, 4.69) is 16.0 Å². The molecule has 1 fully saturated rings. The van der Waals surface area contributed by atoms with Gasteiger partial charge in [-0.25, -0.2) is 4.79 Å². The average molecular weight is 448 g/mol. The van der Waals surface area contributed by atoms with E-state index in [1.807, 2.05) is 6.20 Å². The van der Waals surface area contributed by atoms with Crippen molar-refractivity contribution in [3.05, 3.63) is 28.4 Å². The molecule has 2 aromatic heterocycles. The zero-order valence-electron chi connectivity index (χ0n) is 19.7. The number of aryl methyl sites for hydroxylation is 1. The largest absolute Gasteiger partial charge is 0.394 e. The molecule has 1 aliphatic heterocycles. The molecule has 180 valence electrons. The molecule has 1 saturated heterocycles. The Morgan fingerprint density at radius 2 is 1.72 bits per heavy atom. The Morgan fingerprint density at radius 3 is 2.34 bits per heavy atom. The van der Waals surface area contributed by atoms with E-state index in [1.165, 1.54) is 64.2 Å². The van der Waals surface area contributed by atoms with Crippen molar-refractivity contribution in [2.75, 3.05) is 20.3 Å². The highest BCUT2D eigenvalue weighted by atomic mass is 16.5. The van der Waals surface area contributed by atoms with Gasteiger partial charge in [-0.05, 0) is 38.2 Å². The van der Waals surface area contributed by atoms with E-state index in [0.29, 0.717) is 5.65 Å². The van der Waals surface area contributed by atoms with Gasteiger partial charge in [0.25, 0.3) is 0 Å². The highest BCUT2D eigenvalue weighted by Crippen LogP contribution is 2.27. The van der Waals surface area contributed by atoms with Gasteiger partial charge in [-0.1, -0.05) is 57.8 Å². The van der Waals surface area contributed by atoms with E-state index in [-0.39, 0.29) is 24.6 Å². The Morgan fingerprint density at radius 1 is 1.06 bits per heavy atom. The zero-order chi connectivity index (χ0) is 22.6. The second kappa shape index (κ2) is 13.8. The first-order chi connectivity index (χ1) is 15.7. The molecule has 2 N–H and O–H groups in total. The monoisotopic (exact) mass is 447 g/mol. The van der Waals surface area contributed by atoms with E-state index < -0.39 is 0 Å². The summed E-state index contributed by atoms with van der Waals surface area (Å²) in [6.45, 7) is 0.889. The van der Waals surface area contributed by atoms with Crippen molar-refractivity contribution in [3.8, 4) is 0 Å². The number of nitrogens with one attached hydrogen (secondary N) is 1. The number of nitrogens with zero attached hydrogens (tertiary/aromatic N) is 2. The summed E-state index contributed by atoms with van der Waals surface area (Å²) in [4.78, 5) is 19.9. The minimum absolute atomic E-state index is 0.00938. The number of aliphatic hydroxyl groups excluding tert-OH is 1. The van der Waals surface area contributed by atoms with Crippen LogP contribution in [-0.4, -0.2) is 46.1 Å². The molecule has 0 saturated carbocycles. The van der Waals surface area contributed by atoms with Crippen LogP contribution >= 0.6 is 0 Å². The van der Waals surface area contributed by atoms with Gasteiger partial charge in [0, 0.05) is 31.0 Å². The fraction of sp³-hybridized carbons (Fsp3) is 0.760. The van der Waals surface area contributed by atoms with Gasteiger partial charge in [0.1, 0.15) is 11.9 Å². The molecule has 0 aromatic carbocycles. The van der Waals surface area contributed by atoms with Crippen LogP contribution in [0.2, 0.25) is 0 Å². The summed E-state index contributed by atoms with van der Waals surface area (Å²) in [5.41, 5.74) is 1.49. The van der Waals surface area contributed by atoms with E-state index in [1.54, 1.807) is 11.7 Å². The first-order valence-corrected chi connectivity index (χ1v) is 12.6. The lowest BCUT2D eigenvalue weighted by Crippen LogP contribution is -2.27. The number of hydrogen-bond donors (Lipinski definition) is 2. The highest BCUT2D eigenvalue weighted by Gasteiger charge is 2.27. The van der Waals surface area contributed by atoms with Crippen LogP contribution in [-0.2, 0) is 15.9 Å². The summed E-state index contributed by atoms with van der Waals surface area (Å²) in [6.07, 6.45) is 18.1. The van der Waals surface area contributed by atoms with Crippen LogP contribution in [0.15, 0.2) is 17.1 Å². The molecule has 3 heterocycles. The first-order valence-electron chi connectivity index (χ1n) is 12.6. The van der Waals surface area contributed by atoms with Crippen molar-refractivity contribution >= 4 is 11.0 Å². The number of aliphatic hydroxyl groups is 1. The Kier molecular flexibility index (Phi) is 10.7. The molecule has 7 heteroatoms. The molecule has 2 aromatic rings. The Balaban J connectivity index is 1.31. The molecule has 0 aliphatic carbocycles. The molecule has 1 aliphatic rings. The average Bonchev–Trinajstić information content (AvgIpc) is 3.42. The van der Waals surface area contributed by atoms with Gasteiger partial charge >= 0.3 is 5.69 Å². The number of H-pyrrole nitrogens is 1. The molecule has 7 nitrogen and oxygen atoms in total. The second-order valence-electron chi connectivity index (χ2n) is 9.13. The standard InChI is InChI=1S/C25H41N3O4/c1-31-16-12-10-8-6-4-2-3-5-7-9-11-13-21-17-20-18-28(25(30)27-24(20)26-21)23-15-14-22(19-29)32-23/h17-18,22-23,29H,2-16,19H2,1H3,(H,26,27,30)/t22-,23+/m1/s1. The fourth-order valence-corrected chi connectivity index (χ4v) is 4.59. The van der Waals surface area contributed by atoms with Gasteiger partial charge in [-0.2, -0.15) is 4.98 Å². The van der Waals surface area contributed by atoms with Crippen molar-refractivity contribution in [2.24, 2.45) is 0 Å². The van der Waals surface area contributed by atoms with Crippen LogP contribution in [0.4, 0.5) is 0 Å². The smallest absolute Gasteiger partial charge is 0.351 e. The third kappa shape index (κ3) is 7.71. The molecular formula is C25H41N3O4. The van der Waals surface area contributed by atoms with Crippen LogP contribution in [0.3, 0.4) is 0 Å². The number of unbranched alkanes of at least 4 members (excludes halogenated alkanes) is 10. The SMILES string of the molecule is COCCCCCCCCCCCCCc1cc2cn([C@@H]3CC[C@H](CO)O3)c(=O)nc2[nH]1. The summed E-state index contributed by atoms with van der Waals surface area (Å²) in [6, 6.07) is 2.10. The highest BCUT2D eigenvalue weighted by molar-refractivity contribution is 5.75. The van der Waals surface area contributed by atoms with Gasteiger partial charge in [-0.15, -0.1) is 0 Å². The lowest BCUT2D eigenvalue weighted by Gasteiger charge is -2.14. The third-order valence-electron chi connectivity index (χ3n) is 6.48. The van der Waals surface area contributed by atoms with Gasteiger partial charge in [0.15, 0.2) is 0 Å². The van der Waals surface area contributed by atoms with Gasteiger partial charge in [0.05, 0.1) is 12.7 Å². The predicted molar refractivity (Wildman–Crippen MR) is 127 cm³/mol. The summed E-state index contributed by atoms with van der Waals surface area (Å²) in [7, 11) is 1.77. The van der Waals surface area contributed by atoms with E-state index in [0.717, 1.165) is 43.4 Å². The quantitative estimate of drug-likeness (QED) is 0.358. The minimum atomic E-state index is -0.328. The number of hydrogen-bond acceptors (Lipinski definition) is 5. The Hall–Kier alpha value is -1.70. The summed E-state index contributed by atoms with van der Waals surface area (Å²) >= 11 is 0. The second-order valence-corrected chi connectivity index (χ2v) is 9.13. The lowest BCUT2D eigenvalue weighted by molar-refractivity contribution is -0.0243. The maximum atomic E-state index is 12.4. The Bertz CT molecular complexity index is 847.